The Kier molecular flexibility index (Phi) is 2.33. The van der Waals surface area contributed by atoms with Gasteiger partial charge < -0.3 is 4.74 Å². The van der Waals surface area contributed by atoms with Gasteiger partial charge >= 0.3 is 0 Å². The maximum Gasteiger partial charge on any atom is 0.235 e. The van der Waals surface area contributed by atoms with Crippen molar-refractivity contribution in [2.75, 3.05) is 0 Å². The van der Waals surface area contributed by atoms with Gasteiger partial charge in [-0.3, -0.25) is 0 Å². The Labute approximate surface area is 82.4 Å². The van der Waals surface area contributed by atoms with Crippen LogP contribution in [-0.4, -0.2) is 12.2 Å². The lowest BCUT2D eigenvalue weighted by atomic mass is 10.1. The number of carbonyl (C=O) groups excluding carboxylic acids is 1. The number of benzene rings is 1. The topological polar surface area (TPSA) is 38.7 Å². The highest BCUT2D eigenvalue weighted by Crippen LogP contribution is 2.29. The number of nitrogens with zero attached hydrogens (tertiary/aromatic N) is 1. The number of rotatable bonds is 2. The molecule has 2 rings (SSSR count). The number of isocyanates is 1. The molecule has 0 radical (unpaired) electrons. The van der Waals surface area contributed by atoms with E-state index in [1.807, 2.05) is 25.1 Å². The molecule has 1 aromatic carbocycles. The quantitative estimate of drug-likeness (QED) is 0.526. The first-order valence-corrected chi connectivity index (χ1v) is 4.61. The molecule has 1 unspecified atom stereocenters. The summed E-state index contributed by atoms with van der Waals surface area (Å²) in [6.45, 7) is 2.45. The molecule has 14 heavy (non-hydrogen) atoms. The molecule has 0 aliphatic carbocycles. The third-order valence-electron chi connectivity index (χ3n) is 2.29. The molecular formula is C11H11NO2. The Hall–Kier alpha value is -1.60. The Morgan fingerprint density at radius 3 is 3.29 bits per heavy atom. The molecular weight excluding hydrogens is 178 g/mol. The minimum absolute atomic E-state index is 0.259. The van der Waals surface area contributed by atoms with Crippen molar-refractivity contribution >= 4 is 6.08 Å². The number of hydrogen-bond donors (Lipinski definition) is 0. The van der Waals surface area contributed by atoms with Gasteiger partial charge in [0.15, 0.2) is 0 Å². The van der Waals surface area contributed by atoms with Gasteiger partial charge in [-0.2, -0.15) is 0 Å². The van der Waals surface area contributed by atoms with Crippen molar-refractivity contribution in [1.29, 1.82) is 0 Å². The van der Waals surface area contributed by atoms with Gasteiger partial charge in [0.05, 0.1) is 6.54 Å². The lowest BCUT2D eigenvalue weighted by molar-refractivity contribution is 0.254. The first kappa shape index (κ1) is 8.97. The molecule has 1 aromatic rings. The van der Waals surface area contributed by atoms with E-state index in [-0.39, 0.29) is 6.10 Å². The molecule has 0 amide bonds. The van der Waals surface area contributed by atoms with Gasteiger partial charge in [0.2, 0.25) is 6.08 Å². The first-order valence-electron chi connectivity index (χ1n) is 4.61. The minimum atomic E-state index is 0.259. The van der Waals surface area contributed by atoms with Gasteiger partial charge in [-0.1, -0.05) is 12.1 Å². The fourth-order valence-electron chi connectivity index (χ4n) is 1.70. The summed E-state index contributed by atoms with van der Waals surface area (Å²) in [5, 5.41) is 0. The lowest BCUT2D eigenvalue weighted by Crippen LogP contribution is -2.05. The van der Waals surface area contributed by atoms with E-state index in [1.54, 1.807) is 0 Å². The summed E-state index contributed by atoms with van der Waals surface area (Å²) in [5.74, 6) is 0.955. The summed E-state index contributed by atoms with van der Waals surface area (Å²) in [7, 11) is 0. The Bertz CT molecular complexity index is 394. The van der Waals surface area contributed by atoms with Gasteiger partial charge in [-0.15, -0.1) is 0 Å². The van der Waals surface area contributed by atoms with Crippen LogP contribution in [0.15, 0.2) is 23.2 Å². The van der Waals surface area contributed by atoms with Crippen LogP contribution in [0.2, 0.25) is 0 Å². The van der Waals surface area contributed by atoms with E-state index >= 15 is 0 Å². The predicted octanol–water partition coefficient (Wildman–Crippen LogP) is 1.85. The van der Waals surface area contributed by atoms with Gasteiger partial charge in [0.1, 0.15) is 11.9 Å². The zero-order valence-corrected chi connectivity index (χ0v) is 7.99. The largest absolute Gasteiger partial charge is 0.490 e. The number of fused-ring (bicyclic) bond motifs is 1. The Morgan fingerprint density at radius 1 is 1.64 bits per heavy atom. The lowest BCUT2D eigenvalue weighted by Gasteiger charge is -2.02. The molecule has 1 aliphatic rings. The van der Waals surface area contributed by atoms with Crippen molar-refractivity contribution in [3.8, 4) is 5.75 Å². The molecule has 72 valence electrons. The van der Waals surface area contributed by atoms with Crippen molar-refractivity contribution in [2.24, 2.45) is 4.99 Å². The smallest absolute Gasteiger partial charge is 0.235 e. The average molecular weight is 189 g/mol. The molecule has 0 saturated carbocycles. The summed E-state index contributed by atoms with van der Waals surface area (Å²) < 4.78 is 5.56. The molecule has 0 N–H and O–H groups in total. The summed E-state index contributed by atoms with van der Waals surface area (Å²) in [6.07, 6.45) is 2.73. The van der Waals surface area contributed by atoms with Crippen LogP contribution < -0.4 is 4.74 Å². The SMILES string of the molecule is CC1Cc2cc(CN=C=O)ccc2O1. The molecule has 3 heteroatoms. The third-order valence-corrected chi connectivity index (χ3v) is 2.29. The minimum Gasteiger partial charge on any atom is -0.490 e. The van der Waals surface area contributed by atoms with Gasteiger partial charge in [0.25, 0.3) is 0 Å². The second kappa shape index (κ2) is 3.64. The van der Waals surface area contributed by atoms with E-state index in [0.717, 1.165) is 17.7 Å². The van der Waals surface area contributed by atoms with Crippen molar-refractivity contribution in [3.05, 3.63) is 29.3 Å². The maximum absolute atomic E-state index is 9.95. The first-order chi connectivity index (χ1) is 6.79. The van der Waals surface area contributed by atoms with Crippen molar-refractivity contribution in [3.63, 3.8) is 0 Å². The summed E-state index contributed by atoms with van der Waals surface area (Å²) >= 11 is 0. The van der Waals surface area contributed by atoms with Crippen LogP contribution in [0.3, 0.4) is 0 Å². The third kappa shape index (κ3) is 1.68. The van der Waals surface area contributed by atoms with E-state index in [0.29, 0.717) is 6.54 Å². The molecule has 0 saturated heterocycles. The Balaban J connectivity index is 2.23. The molecule has 0 aromatic heterocycles. The molecule has 1 aliphatic heterocycles. The zero-order chi connectivity index (χ0) is 9.97. The van der Waals surface area contributed by atoms with Crippen LogP contribution in [-0.2, 0) is 17.8 Å². The molecule has 0 spiro atoms. The van der Waals surface area contributed by atoms with Crippen LogP contribution in [0.5, 0.6) is 5.75 Å². The zero-order valence-electron chi connectivity index (χ0n) is 7.99. The number of hydrogen-bond acceptors (Lipinski definition) is 3. The van der Waals surface area contributed by atoms with E-state index in [9.17, 15) is 4.79 Å². The average Bonchev–Trinajstić information content (AvgIpc) is 2.54. The van der Waals surface area contributed by atoms with Crippen LogP contribution in [0, 0.1) is 0 Å². The van der Waals surface area contributed by atoms with Crippen LogP contribution in [0.25, 0.3) is 0 Å². The van der Waals surface area contributed by atoms with Crippen molar-refractivity contribution in [1.82, 2.24) is 0 Å². The molecule has 0 bridgehead atoms. The fraction of sp³-hybridized carbons (Fsp3) is 0.364. The highest BCUT2D eigenvalue weighted by Gasteiger charge is 2.18. The fourth-order valence-corrected chi connectivity index (χ4v) is 1.70. The van der Waals surface area contributed by atoms with E-state index in [4.69, 9.17) is 4.74 Å². The monoisotopic (exact) mass is 189 g/mol. The van der Waals surface area contributed by atoms with Crippen LogP contribution in [0.4, 0.5) is 0 Å². The standard InChI is InChI=1S/C11H11NO2/c1-8-4-10-5-9(6-12-7-13)2-3-11(10)14-8/h2-3,5,8H,4,6H2,1H3. The second-order valence-electron chi connectivity index (χ2n) is 3.48. The van der Waals surface area contributed by atoms with E-state index in [2.05, 4.69) is 4.99 Å². The van der Waals surface area contributed by atoms with Gasteiger partial charge in [0, 0.05) is 6.42 Å². The van der Waals surface area contributed by atoms with Gasteiger partial charge in [-0.05, 0) is 24.1 Å². The van der Waals surface area contributed by atoms with Crippen LogP contribution >= 0.6 is 0 Å². The maximum atomic E-state index is 9.95. The second-order valence-corrected chi connectivity index (χ2v) is 3.48. The predicted molar refractivity (Wildman–Crippen MR) is 52.1 cm³/mol. The van der Waals surface area contributed by atoms with E-state index < -0.39 is 0 Å². The highest BCUT2D eigenvalue weighted by atomic mass is 16.5. The van der Waals surface area contributed by atoms with Crippen molar-refractivity contribution < 1.29 is 9.53 Å². The molecule has 0 fully saturated rings. The van der Waals surface area contributed by atoms with Crippen LogP contribution in [0.1, 0.15) is 18.1 Å². The van der Waals surface area contributed by atoms with Gasteiger partial charge in [-0.25, -0.2) is 9.79 Å². The number of aliphatic imine (C=N–C) groups is 1. The molecule has 1 atom stereocenters. The Morgan fingerprint density at radius 2 is 2.50 bits per heavy atom. The normalized spacial score (nSPS) is 18.2. The van der Waals surface area contributed by atoms with Crippen molar-refractivity contribution in [2.45, 2.75) is 26.0 Å². The summed E-state index contributed by atoms with van der Waals surface area (Å²) in [5.41, 5.74) is 2.24. The molecule has 3 nitrogen and oxygen atoms in total. The molecule has 1 heterocycles. The van der Waals surface area contributed by atoms with E-state index in [1.165, 1.54) is 11.6 Å². The summed E-state index contributed by atoms with van der Waals surface area (Å²) in [6, 6.07) is 5.91. The summed E-state index contributed by atoms with van der Waals surface area (Å²) in [4.78, 5) is 13.5. The highest BCUT2D eigenvalue weighted by molar-refractivity contribution is 5.41. The number of ether oxygens (including phenoxy) is 1.